The standard InChI is InChI=1S/C18H21N13O2/c1-4-12(7-29-10(2)21-24-27-29)28-8-19-15-5-14-16(6-13(15)17(28)32)22-25-31(18(14)33)11(3)30-9-20-23-26-30/h5-6,8,11-12H,4,7,9H2,1-3H3,(H,20,26)/t11-,12-/m1/s1. The van der Waals surface area contributed by atoms with Crippen LogP contribution in [0.25, 0.3) is 21.8 Å². The summed E-state index contributed by atoms with van der Waals surface area (Å²) in [5.74, 6) is 0.661. The Morgan fingerprint density at radius 1 is 1.09 bits per heavy atom. The highest BCUT2D eigenvalue weighted by Crippen LogP contribution is 2.18. The van der Waals surface area contributed by atoms with Crippen LogP contribution < -0.4 is 16.7 Å². The Hall–Kier alpha value is -4.14. The zero-order valence-corrected chi connectivity index (χ0v) is 18.2. The summed E-state index contributed by atoms with van der Waals surface area (Å²) in [4.78, 5) is 30.9. The molecule has 4 heterocycles. The molecule has 0 bridgehead atoms. The third kappa shape index (κ3) is 3.51. The summed E-state index contributed by atoms with van der Waals surface area (Å²) >= 11 is 0. The number of hydrazine groups is 1. The van der Waals surface area contributed by atoms with E-state index in [1.165, 1.54) is 11.0 Å². The zero-order chi connectivity index (χ0) is 23.1. The molecular weight excluding hydrogens is 430 g/mol. The van der Waals surface area contributed by atoms with Gasteiger partial charge in [0.2, 0.25) is 0 Å². The quantitative estimate of drug-likeness (QED) is 0.397. The van der Waals surface area contributed by atoms with Crippen molar-refractivity contribution in [3.05, 3.63) is 45.0 Å². The van der Waals surface area contributed by atoms with Gasteiger partial charge in [0.25, 0.3) is 11.1 Å². The molecule has 0 amide bonds. The maximum atomic E-state index is 13.3. The molecule has 1 aromatic carbocycles. The van der Waals surface area contributed by atoms with E-state index in [1.807, 2.05) is 6.92 Å². The molecule has 0 fully saturated rings. The van der Waals surface area contributed by atoms with Crippen molar-refractivity contribution in [3.63, 3.8) is 0 Å². The van der Waals surface area contributed by atoms with Gasteiger partial charge in [-0.2, -0.15) is 14.8 Å². The smallest absolute Gasteiger partial charge is 0.279 e. The number of nitrogens with one attached hydrogen (secondary N) is 1. The lowest BCUT2D eigenvalue weighted by Crippen LogP contribution is -2.41. The predicted octanol–water partition coefficient (Wildman–Crippen LogP) is 0.111. The number of fused-ring (bicyclic) bond motifs is 2. The molecular formula is C18H21N13O2. The molecule has 1 aliphatic heterocycles. The molecule has 170 valence electrons. The number of aryl methyl sites for hydroxylation is 1. The minimum atomic E-state index is -0.471. The van der Waals surface area contributed by atoms with Crippen LogP contribution >= 0.6 is 0 Å². The van der Waals surface area contributed by atoms with Gasteiger partial charge in [-0.3, -0.25) is 14.2 Å². The SMILES string of the molecule is CC[C@H](Cn1nnnc1C)n1cnc2cc3c(=O)n([C@H](C)N4CN=NN4)nnc3cc2c1=O. The Balaban J connectivity index is 1.57. The van der Waals surface area contributed by atoms with E-state index in [2.05, 4.69) is 46.7 Å². The van der Waals surface area contributed by atoms with Crippen LogP contribution in [0.2, 0.25) is 0 Å². The van der Waals surface area contributed by atoms with Gasteiger partial charge < -0.3 is 0 Å². The Morgan fingerprint density at radius 2 is 1.88 bits per heavy atom. The van der Waals surface area contributed by atoms with Crippen LogP contribution in [0.15, 0.2) is 38.4 Å². The number of rotatable bonds is 6. The van der Waals surface area contributed by atoms with Gasteiger partial charge in [0.1, 0.15) is 24.2 Å². The first-order valence-corrected chi connectivity index (χ1v) is 10.4. The van der Waals surface area contributed by atoms with Crippen LogP contribution in [-0.2, 0) is 6.54 Å². The van der Waals surface area contributed by atoms with E-state index in [9.17, 15) is 9.59 Å². The Bertz CT molecular complexity index is 1480. The van der Waals surface area contributed by atoms with Crippen molar-refractivity contribution in [2.75, 3.05) is 6.67 Å². The fraction of sp³-hybridized carbons (Fsp3) is 0.444. The van der Waals surface area contributed by atoms with Crippen molar-refractivity contribution in [2.24, 2.45) is 10.3 Å². The Labute approximate surface area is 185 Å². The topological polar surface area (TPSA) is 166 Å². The van der Waals surface area contributed by atoms with Crippen LogP contribution in [-0.4, -0.2) is 56.4 Å². The lowest BCUT2D eigenvalue weighted by molar-refractivity contribution is 0.105. The second kappa shape index (κ2) is 8.09. The first-order chi connectivity index (χ1) is 16.0. The number of tetrazole rings is 1. The highest BCUT2D eigenvalue weighted by molar-refractivity contribution is 5.93. The van der Waals surface area contributed by atoms with Gasteiger partial charge in [-0.25, -0.2) is 15.2 Å². The van der Waals surface area contributed by atoms with Crippen LogP contribution in [0.5, 0.6) is 0 Å². The molecule has 1 N–H and O–H groups in total. The maximum absolute atomic E-state index is 13.3. The van der Waals surface area contributed by atoms with Gasteiger partial charge >= 0.3 is 0 Å². The maximum Gasteiger partial charge on any atom is 0.279 e. The van der Waals surface area contributed by atoms with E-state index in [1.54, 1.807) is 40.2 Å². The number of hydrogen-bond donors (Lipinski definition) is 1. The number of hydrogen-bond acceptors (Lipinski definition) is 12. The van der Waals surface area contributed by atoms with Crippen LogP contribution in [0.4, 0.5) is 0 Å². The van der Waals surface area contributed by atoms with Crippen LogP contribution in [0.3, 0.4) is 0 Å². The molecule has 0 aliphatic carbocycles. The van der Waals surface area contributed by atoms with Gasteiger partial charge in [0.05, 0.1) is 35.2 Å². The summed E-state index contributed by atoms with van der Waals surface area (Å²) in [7, 11) is 0. The van der Waals surface area contributed by atoms with Crippen LogP contribution in [0.1, 0.15) is 38.3 Å². The van der Waals surface area contributed by atoms with Crippen molar-refractivity contribution < 1.29 is 0 Å². The lowest BCUT2D eigenvalue weighted by atomic mass is 10.1. The summed E-state index contributed by atoms with van der Waals surface area (Å²) in [5, 5.41) is 29.6. The molecule has 0 unspecified atom stereocenters. The third-order valence-corrected chi connectivity index (χ3v) is 5.81. The zero-order valence-electron chi connectivity index (χ0n) is 18.2. The largest absolute Gasteiger partial charge is 0.294 e. The van der Waals surface area contributed by atoms with Gasteiger partial charge in [-0.15, -0.1) is 10.2 Å². The van der Waals surface area contributed by atoms with Crippen molar-refractivity contribution >= 4 is 21.8 Å². The molecule has 4 aromatic rings. The minimum Gasteiger partial charge on any atom is -0.294 e. The molecule has 0 saturated heterocycles. The average Bonchev–Trinajstić information content (AvgIpc) is 3.50. The van der Waals surface area contributed by atoms with Gasteiger partial charge in [-0.1, -0.05) is 17.4 Å². The van der Waals surface area contributed by atoms with E-state index < -0.39 is 6.17 Å². The number of nitrogens with zero attached hydrogens (tertiary/aromatic N) is 12. The fourth-order valence-electron chi connectivity index (χ4n) is 3.78. The monoisotopic (exact) mass is 451 g/mol. The molecule has 5 rings (SSSR count). The van der Waals surface area contributed by atoms with Gasteiger partial charge in [0.15, 0.2) is 0 Å². The average molecular weight is 451 g/mol. The first kappa shape index (κ1) is 20.7. The highest BCUT2D eigenvalue weighted by atomic mass is 16.1. The van der Waals surface area contributed by atoms with Crippen molar-refractivity contribution in [2.45, 2.75) is 45.9 Å². The molecule has 3 aromatic heterocycles. The molecule has 1 aliphatic rings. The fourth-order valence-corrected chi connectivity index (χ4v) is 3.78. The van der Waals surface area contributed by atoms with E-state index >= 15 is 0 Å². The second-order valence-electron chi connectivity index (χ2n) is 7.74. The van der Waals surface area contributed by atoms with Gasteiger partial charge in [0, 0.05) is 0 Å². The predicted molar refractivity (Wildman–Crippen MR) is 115 cm³/mol. The van der Waals surface area contributed by atoms with Gasteiger partial charge in [-0.05, 0) is 42.8 Å². The molecule has 0 saturated carbocycles. The lowest BCUT2D eigenvalue weighted by Gasteiger charge is -2.21. The minimum absolute atomic E-state index is 0.198. The van der Waals surface area contributed by atoms with Crippen molar-refractivity contribution in [3.8, 4) is 0 Å². The number of benzene rings is 1. The molecule has 15 heteroatoms. The van der Waals surface area contributed by atoms with Crippen molar-refractivity contribution in [1.29, 1.82) is 0 Å². The van der Waals surface area contributed by atoms with E-state index in [-0.39, 0.29) is 23.8 Å². The third-order valence-electron chi connectivity index (χ3n) is 5.81. The molecule has 0 radical (unpaired) electrons. The summed E-state index contributed by atoms with van der Waals surface area (Å²) < 4.78 is 4.45. The van der Waals surface area contributed by atoms with E-state index in [0.29, 0.717) is 40.6 Å². The van der Waals surface area contributed by atoms with Crippen LogP contribution in [0, 0.1) is 6.92 Å². The van der Waals surface area contributed by atoms with Crippen molar-refractivity contribution in [1.82, 2.24) is 55.3 Å². The van der Waals surface area contributed by atoms with E-state index in [0.717, 1.165) is 0 Å². The summed E-state index contributed by atoms with van der Waals surface area (Å²) in [5.41, 5.74) is 2.85. The number of aromatic nitrogens is 9. The molecule has 15 nitrogen and oxygen atoms in total. The highest BCUT2D eigenvalue weighted by Gasteiger charge is 2.22. The summed E-state index contributed by atoms with van der Waals surface area (Å²) in [6.07, 6.45) is 1.70. The summed E-state index contributed by atoms with van der Waals surface area (Å²) in [6, 6.07) is 2.94. The summed E-state index contributed by atoms with van der Waals surface area (Å²) in [6.45, 7) is 6.28. The first-order valence-electron chi connectivity index (χ1n) is 10.4. The normalized spacial score (nSPS) is 15.8. The molecule has 33 heavy (non-hydrogen) atoms. The Kier molecular flexibility index (Phi) is 5.08. The molecule has 0 spiro atoms. The molecule has 2 atom stereocenters. The Morgan fingerprint density at radius 3 is 2.58 bits per heavy atom. The van der Waals surface area contributed by atoms with E-state index in [4.69, 9.17) is 0 Å². The second-order valence-corrected chi connectivity index (χ2v) is 7.74.